The van der Waals surface area contributed by atoms with Gasteiger partial charge in [0, 0.05) is 18.0 Å². The lowest BCUT2D eigenvalue weighted by molar-refractivity contribution is 0.111. The number of ether oxygens (including phenoxy) is 1. The minimum absolute atomic E-state index is 0.321. The Labute approximate surface area is 125 Å². The minimum atomic E-state index is 0.321. The lowest BCUT2D eigenvalue weighted by atomic mass is 10.2. The van der Waals surface area contributed by atoms with Crippen molar-refractivity contribution in [3.05, 3.63) is 53.3 Å². The normalized spacial score (nSPS) is 10.5. The van der Waals surface area contributed by atoms with Crippen molar-refractivity contribution in [2.75, 3.05) is 6.61 Å². The highest BCUT2D eigenvalue weighted by atomic mass is 32.1. The third kappa shape index (κ3) is 2.97. The molecule has 1 aromatic carbocycles. The molecule has 6 nitrogen and oxygen atoms in total. The molecule has 7 heteroatoms. The second kappa shape index (κ2) is 6.27. The van der Waals surface area contributed by atoms with Crippen molar-refractivity contribution < 1.29 is 9.53 Å². The van der Waals surface area contributed by atoms with Gasteiger partial charge in [-0.3, -0.25) is 4.79 Å². The molecule has 0 spiro atoms. The van der Waals surface area contributed by atoms with Gasteiger partial charge in [-0.1, -0.05) is 23.4 Å². The molecule has 0 saturated carbocycles. The zero-order valence-corrected chi connectivity index (χ0v) is 11.9. The molecule has 2 heterocycles. The summed E-state index contributed by atoms with van der Waals surface area (Å²) in [5, 5.41) is 10.4. The van der Waals surface area contributed by atoms with Crippen LogP contribution in [-0.4, -0.2) is 32.9 Å². The molecule has 0 atom stereocenters. The van der Waals surface area contributed by atoms with Gasteiger partial charge in [0.1, 0.15) is 11.4 Å². The van der Waals surface area contributed by atoms with E-state index in [0.717, 1.165) is 5.75 Å². The first-order valence-corrected chi connectivity index (χ1v) is 7.24. The zero-order valence-electron chi connectivity index (χ0n) is 11.0. The molecule has 0 radical (unpaired) electrons. The molecule has 21 heavy (non-hydrogen) atoms. The maximum atomic E-state index is 11.1. The fraction of sp³-hybridized carbons (Fsp3) is 0.143. The molecule has 0 amide bonds. The highest BCUT2D eigenvalue weighted by Gasteiger charge is 2.15. The molecular formula is C14H12N4O2S. The predicted molar refractivity (Wildman–Crippen MR) is 78.1 cm³/mol. The van der Waals surface area contributed by atoms with Gasteiger partial charge in [0.05, 0.1) is 12.3 Å². The summed E-state index contributed by atoms with van der Waals surface area (Å²) in [5.74, 6) is 0.790. The molecule has 0 fully saturated rings. The molecule has 0 N–H and O–H groups in total. The molecule has 3 rings (SSSR count). The maximum Gasteiger partial charge on any atom is 0.211 e. The second-order valence-corrected chi connectivity index (χ2v) is 5.05. The van der Waals surface area contributed by atoms with Crippen LogP contribution in [0, 0.1) is 0 Å². The van der Waals surface area contributed by atoms with E-state index in [0.29, 0.717) is 35.8 Å². The standard InChI is InChI=1S/C14H12N4O2S/c19-10-12-13(6-8-20-11-4-2-1-3-5-11)18(17-16-12)14-15-7-9-21-14/h1-5,7,9-10H,6,8H2. The number of aromatic nitrogens is 4. The number of nitrogens with zero attached hydrogens (tertiary/aromatic N) is 4. The Kier molecular flexibility index (Phi) is 4.02. The lowest BCUT2D eigenvalue weighted by Crippen LogP contribution is -2.09. The Hall–Kier alpha value is -2.54. The Bertz CT molecular complexity index is 710. The van der Waals surface area contributed by atoms with Crippen molar-refractivity contribution in [2.24, 2.45) is 0 Å². The van der Waals surface area contributed by atoms with Gasteiger partial charge in [-0.2, -0.15) is 4.68 Å². The molecule has 2 aromatic heterocycles. The van der Waals surface area contributed by atoms with Gasteiger partial charge in [-0.25, -0.2) is 4.98 Å². The number of rotatable bonds is 6. The fourth-order valence-electron chi connectivity index (χ4n) is 1.90. The fourth-order valence-corrected chi connectivity index (χ4v) is 2.51. The molecule has 0 aliphatic carbocycles. The van der Waals surface area contributed by atoms with E-state index in [-0.39, 0.29) is 0 Å². The Balaban J connectivity index is 1.75. The summed E-state index contributed by atoms with van der Waals surface area (Å²) >= 11 is 1.44. The largest absolute Gasteiger partial charge is 0.493 e. The Morgan fingerprint density at radius 1 is 1.29 bits per heavy atom. The molecule has 3 aromatic rings. The van der Waals surface area contributed by atoms with Crippen LogP contribution in [0.25, 0.3) is 5.13 Å². The SMILES string of the molecule is O=Cc1nnn(-c2nccs2)c1CCOc1ccccc1. The van der Waals surface area contributed by atoms with Gasteiger partial charge in [0.15, 0.2) is 6.29 Å². The number of carbonyl (C=O) groups excluding carboxylic acids is 1. The van der Waals surface area contributed by atoms with Crippen LogP contribution >= 0.6 is 11.3 Å². The average Bonchev–Trinajstić information content (AvgIpc) is 3.17. The first kappa shape index (κ1) is 13.4. The molecular weight excluding hydrogens is 288 g/mol. The zero-order chi connectivity index (χ0) is 14.5. The number of carbonyl (C=O) groups is 1. The summed E-state index contributed by atoms with van der Waals surface area (Å²) in [7, 11) is 0. The maximum absolute atomic E-state index is 11.1. The first-order chi connectivity index (χ1) is 10.4. The van der Waals surface area contributed by atoms with Gasteiger partial charge in [0.25, 0.3) is 0 Å². The van der Waals surface area contributed by atoms with Crippen molar-refractivity contribution in [1.82, 2.24) is 20.0 Å². The molecule has 0 saturated heterocycles. The van der Waals surface area contributed by atoms with E-state index < -0.39 is 0 Å². The van der Waals surface area contributed by atoms with Crippen LogP contribution in [0.4, 0.5) is 0 Å². The van der Waals surface area contributed by atoms with E-state index >= 15 is 0 Å². The minimum Gasteiger partial charge on any atom is -0.493 e. The van der Waals surface area contributed by atoms with Crippen LogP contribution in [0.1, 0.15) is 16.2 Å². The number of benzene rings is 1. The van der Waals surface area contributed by atoms with Crippen LogP contribution in [0.3, 0.4) is 0 Å². The van der Waals surface area contributed by atoms with E-state index in [1.165, 1.54) is 11.3 Å². The number of hydrogen-bond donors (Lipinski definition) is 0. The van der Waals surface area contributed by atoms with Crippen molar-refractivity contribution in [3.63, 3.8) is 0 Å². The van der Waals surface area contributed by atoms with Gasteiger partial charge in [0.2, 0.25) is 5.13 Å². The Morgan fingerprint density at radius 3 is 2.86 bits per heavy atom. The summed E-state index contributed by atoms with van der Waals surface area (Å²) in [5.41, 5.74) is 1.03. The highest BCUT2D eigenvalue weighted by Crippen LogP contribution is 2.16. The summed E-state index contributed by atoms with van der Waals surface area (Å²) < 4.78 is 7.24. The summed E-state index contributed by atoms with van der Waals surface area (Å²) in [6.45, 7) is 0.434. The molecule has 0 unspecified atom stereocenters. The average molecular weight is 300 g/mol. The Morgan fingerprint density at radius 2 is 2.14 bits per heavy atom. The topological polar surface area (TPSA) is 69.9 Å². The van der Waals surface area contributed by atoms with Gasteiger partial charge >= 0.3 is 0 Å². The van der Waals surface area contributed by atoms with Crippen LogP contribution < -0.4 is 4.74 Å². The molecule has 0 bridgehead atoms. The van der Waals surface area contributed by atoms with E-state index in [1.54, 1.807) is 10.9 Å². The van der Waals surface area contributed by atoms with Gasteiger partial charge in [-0.15, -0.1) is 16.4 Å². The van der Waals surface area contributed by atoms with E-state index in [2.05, 4.69) is 15.3 Å². The van der Waals surface area contributed by atoms with Gasteiger partial charge < -0.3 is 4.74 Å². The van der Waals surface area contributed by atoms with Crippen molar-refractivity contribution in [1.29, 1.82) is 0 Å². The van der Waals surface area contributed by atoms with Gasteiger partial charge in [-0.05, 0) is 12.1 Å². The molecule has 0 aliphatic heterocycles. The van der Waals surface area contributed by atoms with Crippen molar-refractivity contribution in [2.45, 2.75) is 6.42 Å². The van der Waals surface area contributed by atoms with E-state index in [1.807, 2.05) is 35.7 Å². The first-order valence-electron chi connectivity index (χ1n) is 6.36. The monoisotopic (exact) mass is 300 g/mol. The summed E-state index contributed by atoms with van der Waals surface area (Å²) in [4.78, 5) is 15.3. The number of aldehydes is 1. The van der Waals surface area contributed by atoms with Crippen molar-refractivity contribution in [3.8, 4) is 10.9 Å². The third-order valence-corrected chi connectivity index (χ3v) is 3.60. The van der Waals surface area contributed by atoms with Crippen molar-refractivity contribution >= 4 is 17.6 Å². The summed E-state index contributed by atoms with van der Waals surface area (Å²) in [6, 6.07) is 9.52. The van der Waals surface area contributed by atoms with Crippen LogP contribution in [0.15, 0.2) is 41.9 Å². The summed E-state index contributed by atoms with van der Waals surface area (Å²) in [6.07, 6.45) is 2.91. The van der Waals surface area contributed by atoms with Crippen LogP contribution in [0.5, 0.6) is 5.75 Å². The lowest BCUT2D eigenvalue weighted by Gasteiger charge is -2.06. The van der Waals surface area contributed by atoms with Crippen LogP contribution in [0.2, 0.25) is 0 Å². The molecule has 106 valence electrons. The quantitative estimate of drug-likeness (QED) is 0.652. The van der Waals surface area contributed by atoms with E-state index in [9.17, 15) is 4.79 Å². The number of hydrogen-bond acceptors (Lipinski definition) is 6. The number of thiazole rings is 1. The highest BCUT2D eigenvalue weighted by molar-refractivity contribution is 7.12. The molecule has 0 aliphatic rings. The number of para-hydroxylation sites is 1. The smallest absolute Gasteiger partial charge is 0.211 e. The second-order valence-electron chi connectivity index (χ2n) is 4.18. The van der Waals surface area contributed by atoms with Crippen LogP contribution in [-0.2, 0) is 6.42 Å². The van der Waals surface area contributed by atoms with E-state index in [4.69, 9.17) is 4.74 Å². The third-order valence-electron chi connectivity index (χ3n) is 2.86. The predicted octanol–water partition coefficient (Wildman–Crippen LogP) is 2.16.